The summed E-state index contributed by atoms with van der Waals surface area (Å²) in [5.74, 6) is -0.127. The summed E-state index contributed by atoms with van der Waals surface area (Å²) in [4.78, 5) is 15.6. The zero-order chi connectivity index (χ0) is 12.3. The number of ketones is 1. The van der Waals surface area contributed by atoms with Crippen LogP contribution in [0.2, 0.25) is 0 Å². The summed E-state index contributed by atoms with van der Waals surface area (Å²) in [5, 5.41) is 7.48. The molecule has 0 spiro atoms. The molecule has 6 heteroatoms. The molecule has 6 nitrogen and oxygen atoms in total. The molecule has 0 radical (unpaired) electrons. The molecule has 0 amide bonds. The van der Waals surface area contributed by atoms with Crippen LogP contribution in [0, 0.1) is 0 Å². The molecule has 2 N–H and O–H groups in total. The van der Waals surface area contributed by atoms with Gasteiger partial charge in [0.1, 0.15) is 0 Å². The average molecular weight is 232 g/mol. The molecule has 1 atom stereocenters. The molecule has 1 unspecified atom stereocenters. The molecule has 88 valence electrons. The van der Waals surface area contributed by atoms with E-state index in [4.69, 9.17) is 10.2 Å². The van der Waals surface area contributed by atoms with Crippen LogP contribution in [0.25, 0.3) is 11.5 Å². The van der Waals surface area contributed by atoms with E-state index >= 15 is 0 Å². The number of hydrogen-bond donors (Lipinski definition) is 1. The molecule has 0 aliphatic carbocycles. The second-order valence-corrected chi connectivity index (χ2v) is 3.53. The first-order chi connectivity index (χ1) is 8.22. The standard InChI is InChI=1S/C11H12N4O2/c1-2-8(12)9(16)11-15-14-10(17-11)7-4-3-5-13-6-7/h3-6,8H,2,12H2,1H3. The fourth-order valence-corrected chi connectivity index (χ4v) is 1.27. The summed E-state index contributed by atoms with van der Waals surface area (Å²) in [5.41, 5.74) is 6.28. The predicted octanol–water partition coefficient (Wildman–Crippen LogP) is 1.05. The highest BCUT2D eigenvalue weighted by Gasteiger charge is 2.20. The maximum atomic E-state index is 11.7. The quantitative estimate of drug-likeness (QED) is 0.791. The first-order valence-corrected chi connectivity index (χ1v) is 5.26. The molecule has 0 saturated heterocycles. The Morgan fingerprint density at radius 1 is 1.53 bits per heavy atom. The molecule has 2 aromatic heterocycles. The number of rotatable bonds is 4. The second kappa shape index (κ2) is 4.84. The molecule has 0 fully saturated rings. The monoisotopic (exact) mass is 232 g/mol. The van der Waals surface area contributed by atoms with Gasteiger partial charge in [0.05, 0.1) is 11.6 Å². The Morgan fingerprint density at radius 2 is 2.35 bits per heavy atom. The highest BCUT2D eigenvalue weighted by atomic mass is 16.4. The van der Waals surface area contributed by atoms with E-state index in [0.717, 1.165) is 0 Å². The van der Waals surface area contributed by atoms with Crippen molar-refractivity contribution in [3.63, 3.8) is 0 Å². The Morgan fingerprint density at radius 3 is 3.00 bits per heavy atom. The van der Waals surface area contributed by atoms with Crippen molar-refractivity contribution in [1.29, 1.82) is 0 Å². The first kappa shape index (κ1) is 11.4. The van der Waals surface area contributed by atoms with Gasteiger partial charge in [-0.05, 0) is 18.6 Å². The minimum Gasteiger partial charge on any atom is -0.413 e. The van der Waals surface area contributed by atoms with Gasteiger partial charge >= 0.3 is 0 Å². The van der Waals surface area contributed by atoms with E-state index in [1.807, 2.05) is 6.92 Å². The largest absolute Gasteiger partial charge is 0.413 e. The number of nitrogens with two attached hydrogens (primary N) is 1. The van der Waals surface area contributed by atoms with Gasteiger partial charge in [0.25, 0.3) is 5.89 Å². The Labute approximate surface area is 97.9 Å². The van der Waals surface area contributed by atoms with Crippen LogP contribution in [0.4, 0.5) is 0 Å². The number of pyridine rings is 1. The van der Waals surface area contributed by atoms with E-state index in [1.165, 1.54) is 0 Å². The van der Waals surface area contributed by atoms with Crippen LogP contribution < -0.4 is 5.73 Å². The van der Waals surface area contributed by atoms with E-state index in [9.17, 15) is 4.79 Å². The second-order valence-electron chi connectivity index (χ2n) is 3.53. The lowest BCUT2D eigenvalue weighted by atomic mass is 10.1. The van der Waals surface area contributed by atoms with Crippen molar-refractivity contribution >= 4 is 5.78 Å². The van der Waals surface area contributed by atoms with Crippen LogP contribution in [-0.4, -0.2) is 27.0 Å². The summed E-state index contributed by atoms with van der Waals surface area (Å²) in [7, 11) is 0. The third-order valence-electron chi connectivity index (χ3n) is 2.32. The maximum Gasteiger partial charge on any atom is 0.285 e. The molecule has 2 rings (SSSR count). The van der Waals surface area contributed by atoms with Crippen LogP contribution in [0.15, 0.2) is 28.9 Å². The van der Waals surface area contributed by atoms with Crippen molar-refractivity contribution in [3.8, 4) is 11.5 Å². The summed E-state index contributed by atoms with van der Waals surface area (Å²) < 4.78 is 5.26. The normalized spacial score (nSPS) is 12.4. The van der Waals surface area contributed by atoms with E-state index in [1.54, 1.807) is 24.5 Å². The van der Waals surface area contributed by atoms with E-state index in [-0.39, 0.29) is 17.6 Å². The molecule has 0 aliphatic heterocycles. The van der Waals surface area contributed by atoms with E-state index < -0.39 is 6.04 Å². The Balaban J connectivity index is 2.25. The van der Waals surface area contributed by atoms with Gasteiger partial charge < -0.3 is 10.2 Å². The molecule has 0 aliphatic rings. The smallest absolute Gasteiger partial charge is 0.285 e. The number of hydrogen-bond acceptors (Lipinski definition) is 6. The van der Waals surface area contributed by atoms with Crippen molar-refractivity contribution in [2.75, 3.05) is 0 Å². The number of carbonyl (C=O) groups excluding carboxylic acids is 1. The molecule has 17 heavy (non-hydrogen) atoms. The van der Waals surface area contributed by atoms with Crippen molar-refractivity contribution in [2.45, 2.75) is 19.4 Å². The summed E-state index contributed by atoms with van der Waals surface area (Å²) in [6, 6.07) is 2.92. The summed E-state index contributed by atoms with van der Waals surface area (Å²) in [6.45, 7) is 1.82. The van der Waals surface area contributed by atoms with Gasteiger partial charge in [0.2, 0.25) is 11.7 Å². The number of Topliss-reactive ketones (excluding diaryl/α,β-unsaturated/α-hetero) is 1. The maximum absolute atomic E-state index is 11.7. The van der Waals surface area contributed by atoms with Crippen LogP contribution in [-0.2, 0) is 0 Å². The third-order valence-corrected chi connectivity index (χ3v) is 2.32. The van der Waals surface area contributed by atoms with Crippen LogP contribution in [0.3, 0.4) is 0 Å². The zero-order valence-corrected chi connectivity index (χ0v) is 9.33. The lowest BCUT2D eigenvalue weighted by Gasteiger charge is -2.01. The average Bonchev–Trinajstić information content (AvgIpc) is 2.87. The lowest BCUT2D eigenvalue weighted by Crippen LogP contribution is -2.29. The van der Waals surface area contributed by atoms with Gasteiger partial charge in [0, 0.05) is 12.4 Å². The van der Waals surface area contributed by atoms with Gasteiger partial charge in [-0.1, -0.05) is 6.92 Å². The fraction of sp³-hybridized carbons (Fsp3) is 0.273. The zero-order valence-electron chi connectivity index (χ0n) is 9.33. The Bertz CT molecular complexity index is 509. The molecular formula is C11H12N4O2. The summed E-state index contributed by atoms with van der Waals surface area (Å²) >= 11 is 0. The fourth-order valence-electron chi connectivity index (χ4n) is 1.27. The van der Waals surface area contributed by atoms with Crippen LogP contribution in [0.1, 0.15) is 24.0 Å². The minimum atomic E-state index is -0.600. The van der Waals surface area contributed by atoms with Gasteiger partial charge in [-0.15, -0.1) is 10.2 Å². The Hall–Kier alpha value is -2.08. The van der Waals surface area contributed by atoms with Gasteiger partial charge in [-0.3, -0.25) is 9.78 Å². The molecule has 0 saturated carbocycles. The first-order valence-electron chi connectivity index (χ1n) is 5.26. The number of nitrogens with zero attached hydrogens (tertiary/aromatic N) is 3. The highest BCUT2D eigenvalue weighted by molar-refractivity contribution is 5.95. The minimum absolute atomic E-state index is 0.0572. The van der Waals surface area contributed by atoms with Gasteiger partial charge in [-0.25, -0.2) is 0 Å². The Kier molecular flexibility index (Phi) is 3.24. The third kappa shape index (κ3) is 2.36. The topological polar surface area (TPSA) is 94.9 Å². The lowest BCUT2D eigenvalue weighted by molar-refractivity contribution is 0.0926. The van der Waals surface area contributed by atoms with Crippen molar-refractivity contribution < 1.29 is 9.21 Å². The van der Waals surface area contributed by atoms with Gasteiger partial charge in [-0.2, -0.15) is 0 Å². The van der Waals surface area contributed by atoms with Gasteiger partial charge in [0.15, 0.2) is 0 Å². The number of aromatic nitrogens is 3. The van der Waals surface area contributed by atoms with E-state index in [0.29, 0.717) is 12.0 Å². The molecular weight excluding hydrogens is 220 g/mol. The summed E-state index contributed by atoms with van der Waals surface area (Å²) in [6.07, 6.45) is 3.75. The van der Waals surface area contributed by atoms with Crippen molar-refractivity contribution in [3.05, 3.63) is 30.4 Å². The predicted molar refractivity (Wildman–Crippen MR) is 60.1 cm³/mol. The van der Waals surface area contributed by atoms with Crippen LogP contribution in [0.5, 0.6) is 0 Å². The SMILES string of the molecule is CCC(N)C(=O)c1nnc(-c2cccnc2)o1. The number of carbonyl (C=O) groups is 1. The van der Waals surface area contributed by atoms with Crippen molar-refractivity contribution in [2.24, 2.45) is 5.73 Å². The van der Waals surface area contributed by atoms with Crippen LogP contribution >= 0.6 is 0 Å². The highest BCUT2D eigenvalue weighted by Crippen LogP contribution is 2.16. The van der Waals surface area contributed by atoms with Crippen molar-refractivity contribution in [1.82, 2.24) is 15.2 Å². The van der Waals surface area contributed by atoms with E-state index in [2.05, 4.69) is 15.2 Å². The molecule has 2 aromatic rings. The molecule has 0 aromatic carbocycles. The molecule has 2 heterocycles. The molecule has 0 bridgehead atoms.